The quantitative estimate of drug-likeness (QED) is 0.167. The van der Waals surface area contributed by atoms with Gasteiger partial charge >= 0.3 is 5.97 Å². The van der Waals surface area contributed by atoms with Crippen LogP contribution in [0.3, 0.4) is 0 Å². The first-order valence-corrected chi connectivity index (χ1v) is 10.2. The molecule has 0 aliphatic heterocycles. The number of ether oxygens (including phenoxy) is 3. The van der Waals surface area contributed by atoms with E-state index in [0.29, 0.717) is 32.9 Å². The van der Waals surface area contributed by atoms with Crippen LogP contribution in [0.25, 0.3) is 0 Å². The van der Waals surface area contributed by atoms with Crippen molar-refractivity contribution in [1.82, 2.24) is 5.43 Å². The predicted octanol–water partition coefficient (Wildman–Crippen LogP) is 4.90. The van der Waals surface area contributed by atoms with E-state index in [0.717, 1.165) is 11.3 Å². The van der Waals surface area contributed by atoms with Crippen LogP contribution in [0.4, 0.5) is 5.69 Å². The molecule has 0 atom stereocenters. The van der Waals surface area contributed by atoms with Gasteiger partial charge in [0.1, 0.15) is 5.75 Å². The Bertz CT molecular complexity index is 1140. The number of esters is 1. The van der Waals surface area contributed by atoms with Gasteiger partial charge in [-0.25, -0.2) is 4.79 Å². The van der Waals surface area contributed by atoms with Crippen LogP contribution in [0.15, 0.2) is 71.8 Å². The second-order valence-electron chi connectivity index (χ2n) is 6.36. The molecule has 0 amide bonds. The number of halogens is 1. The van der Waals surface area contributed by atoms with Crippen LogP contribution < -0.4 is 25.0 Å². The highest BCUT2D eigenvalue weighted by atomic mass is 35.5. The zero-order chi connectivity index (χ0) is 22.9. The molecule has 0 fully saturated rings. The van der Waals surface area contributed by atoms with Gasteiger partial charge in [0, 0.05) is 10.7 Å². The van der Waals surface area contributed by atoms with Crippen molar-refractivity contribution in [3.05, 3.63) is 82.9 Å². The summed E-state index contributed by atoms with van der Waals surface area (Å²) in [5, 5.41) is 7.99. The number of nitrogens with zero attached hydrogens (tertiary/aromatic N) is 1. The van der Waals surface area contributed by atoms with Gasteiger partial charge in [-0.1, -0.05) is 17.7 Å². The van der Waals surface area contributed by atoms with Crippen LogP contribution in [0.5, 0.6) is 17.2 Å². The van der Waals surface area contributed by atoms with Crippen molar-refractivity contribution in [3.8, 4) is 17.2 Å². The van der Waals surface area contributed by atoms with E-state index < -0.39 is 5.97 Å². The van der Waals surface area contributed by atoms with Gasteiger partial charge in [0.05, 0.1) is 26.0 Å². The summed E-state index contributed by atoms with van der Waals surface area (Å²) in [5.74, 6) is 0.867. The summed E-state index contributed by atoms with van der Waals surface area (Å²) in [6.45, 7) is 0. The number of nitrogens with one attached hydrogen (secondary N) is 2. The van der Waals surface area contributed by atoms with Crippen molar-refractivity contribution >= 4 is 46.8 Å². The fourth-order valence-electron chi connectivity index (χ4n) is 2.64. The van der Waals surface area contributed by atoms with Crippen LogP contribution >= 0.6 is 23.8 Å². The van der Waals surface area contributed by atoms with Crippen molar-refractivity contribution in [2.45, 2.75) is 0 Å². The number of hydrogen-bond acceptors (Lipinski definition) is 6. The van der Waals surface area contributed by atoms with Gasteiger partial charge in [0.25, 0.3) is 0 Å². The Hall–Kier alpha value is -3.62. The normalized spacial score (nSPS) is 10.5. The average Bonchev–Trinajstić information content (AvgIpc) is 2.79. The maximum atomic E-state index is 12.4. The number of anilines is 1. The fourth-order valence-corrected chi connectivity index (χ4v) is 3.00. The molecule has 0 saturated carbocycles. The minimum absolute atomic E-state index is 0.323. The molecule has 0 aliphatic carbocycles. The molecular formula is C23H20ClN3O4S. The lowest BCUT2D eigenvalue weighted by molar-refractivity contribution is 0.0734. The number of benzene rings is 3. The molecule has 164 valence electrons. The van der Waals surface area contributed by atoms with Gasteiger partial charge < -0.3 is 19.5 Å². The van der Waals surface area contributed by atoms with Gasteiger partial charge in [-0.15, -0.1) is 0 Å². The number of hydrazone groups is 1. The van der Waals surface area contributed by atoms with Gasteiger partial charge in [-0.05, 0) is 78.4 Å². The van der Waals surface area contributed by atoms with Crippen molar-refractivity contribution < 1.29 is 19.0 Å². The molecule has 9 heteroatoms. The highest BCUT2D eigenvalue weighted by Crippen LogP contribution is 2.28. The first-order valence-electron chi connectivity index (χ1n) is 9.38. The standard InChI is InChI=1S/C23H20ClN3O4S/c1-29-20-11-8-16(12-21(20)30-2)22(28)31-19-9-6-15(7-10-19)14-25-27-23(32)26-18-5-3-4-17(24)13-18/h3-14H,1-2H3,(H2,26,27,32). The summed E-state index contributed by atoms with van der Waals surface area (Å²) in [5.41, 5.74) is 4.61. The van der Waals surface area contributed by atoms with E-state index in [1.807, 2.05) is 12.1 Å². The molecule has 32 heavy (non-hydrogen) atoms. The Morgan fingerprint density at radius 2 is 1.75 bits per heavy atom. The van der Waals surface area contributed by atoms with Gasteiger partial charge in [0.15, 0.2) is 16.6 Å². The second kappa shape index (κ2) is 11.1. The summed E-state index contributed by atoms with van der Waals surface area (Å²) >= 11 is 11.1. The Kier molecular flexibility index (Phi) is 8.02. The smallest absolute Gasteiger partial charge is 0.343 e. The number of hydrogen-bond donors (Lipinski definition) is 2. The summed E-state index contributed by atoms with van der Waals surface area (Å²) in [6, 6.07) is 18.9. The molecule has 0 heterocycles. The minimum atomic E-state index is -0.508. The van der Waals surface area contributed by atoms with Gasteiger partial charge in [-0.2, -0.15) is 5.10 Å². The Labute approximate surface area is 195 Å². The number of thiocarbonyl (C=S) groups is 1. The third-order valence-corrected chi connectivity index (χ3v) is 4.60. The van der Waals surface area contributed by atoms with E-state index in [2.05, 4.69) is 15.8 Å². The largest absolute Gasteiger partial charge is 0.493 e. The Balaban J connectivity index is 1.54. The molecule has 0 aromatic heterocycles. The summed E-state index contributed by atoms with van der Waals surface area (Å²) in [4.78, 5) is 12.4. The van der Waals surface area contributed by atoms with E-state index in [1.54, 1.807) is 60.8 Å². The molecule has 0 unspecified atom stereocenters. The predicted molar refractivity (Wildman–Crippen MR) is 129 cm³/mol. The number of carbonyl (C=O) groups is 1. The molecule has 2 N–H and O–H groups in total. The van der Waals surface area contributed by atoms with Crippen molar-refractivity contribution in [2.24, 2.45) is 5.10 Å². The molecule has 0 saturated heterocycles. The zero-order valence-electron chi connectivity index (χ0n) is 17.3. The highest BCUT2D eigenvalue weighted by Gasteiger charge is 2.12. The third kappa shape index (κ3) is 6.44. The molecule has 0 bridgehead atoms. The number of methoxy groups -OCH3 is 2. The summed E-state index contributed by atoms with van der Waals surface area (Å²) in [6.07, 6.45) is 1.59. The second-order valence-corrected chi connectivity index (χ2v) is 7.21. The number of carbonyl (C=O) groups excluding carboxylic acids is 1. The van der Waals surface area contributed by atoms with E-state index in [-0.39, 0.29) is 0 Å². The van der Waals surface area contributed by atoms with E-state index >= 15 is 0 Å². The molecule has 3 aromatic rings. The fraction of sp³-hybridized carbons (Fsp3) is 0.0870. The summed E-state index contributed by atoms with van der Waals surface area (Å²) in [7, 11) is 3.03. The van der Waals surface area contributed by atoms with Crippen LogP contribution in [0, 0.1) is 0 Å². The maximum Gasteiger partial charge on any atom is 0.343 e. The monoisotopic (exact) mass is 469 g/mol. The number of rotatable bonds is 7. The molecule has 0 radical (unpaired) electrons. The molecular weight excluding hydrogens is 450 g/mol. The molecule has 7 nitrogen and oxygen atoms in total. The zero-order valence-corrected chi connectivity index (χ0v) is 18.9. The Morgan fingerprint density at radius 1 is 1.00 bits per heavy atom. The average molecular weight is 470 g/mol. The van der Waals surface area contributed by atoms with Crippen molar-refractivity contribution in [1.29, 1.82) is 0 Å². The van der Waals surface area contributed by atoms with Crippen molar-refractivity contribution in [2.75, 3.05) is 19.5 Å². The van der Waals surface area contributed by atoms with Gasteiger partial charge in [0.2, 0.25) is 0 Å². The SMILES string of the molecule is COc1ccc(C(=O)Oc2ccc(C=NNC(=S)Nc3cccc(Cl)c3)cc2)cc1OC. The van der Waals surface area contributed by atoms with Crippen LogP contribution in [0.2, 0.25) is 5.02 Å². The highest BCUT2D eigenvalue weighted by molar-refractivity contribution is 7.80. The third-order valence-electron chi connectivity index (χ3n) is 4.17. The summed E-state index contributed by atoms with van der Waals surface area (Å²) < 4.78 is 15.8. The van der Waals surface area contributed by atoms with E-state index in [4.69, 9.17) is 38.0 Å². The van der Waals surface area contributed by atoms with Crippen LogP contribution in [-0.4, -0.2) is 31.5 Å². The minimum Gasteiger partial charge on any atom is -0.493 e. The molecule has 0 spiro atoms. The van der Waals surface area contributed by atoms with Crippen molar-refractivity contribution in [3.63, 3.8) is 0 Å². The lowest BCUT2D eigenvalue weighted by Gasteiger charge is -2.09. The first-order chi connectivity index (χ1) is 15.5. The first kappa shape index (κ1) is 23.1. The van der Waals surface area contributed by atoms with Gasteiger partial charge in [-0.3, -0.25) is 5.43 Å². The van der Waals surface area contributed by atoms with E-state index in [1.165, 1.54) is 14.2 Å². The Morgan fingerprint density at radius 3 is 2.44 bits per heavy atom. The molecule has 3 aromatic carbocycles. The van der Waals surface area contributed by atoms with Crippen LogP contribution in [0.1, 0.15) is 15.9 Å². The molecule has 3 rings (SSSR count). The lowest BCUT2D eigenvalue weighted by Crippen LogP contribution is -2.23. The molecule has 0 aliphatic rings. The lowest BCUT2D eigenvalue weighted by atomic mass is 10.2. The van der Waals surface area contributed by atoms with E-state index in [9.17, 15) is 4.79 Å². The topological polar surface area (TPSA) is 81.2 Å². The van der Waals surface area contributed by atoms with Crippen LogP contribution in [-0.2, 0) is 0 Å². The maximum absolute atomic E-state index is 12.4.